The van der Waals surface area contributed by atoms with Gasteiger partial charge in [0.25, 0.3) is 5.91 Å². The number of carbonyl (C=O) groups is 2. The number of H-pyrrole nitrogens is 1. The van der Waals surface area contributed by atoms with Crippen LogP contribution in [0.3, 0.4) is 0 Å². The summed E-state index contributed by atoms with van der Waals surface area (Å²) in [6, 6.07) is 13.4. The van der Waals surface area contributed by atoms with Crippen molar-refractivity contribution in [2.45, 2.75) is 0 Å². The summed E-state index contributed by atoms with van der Waals surface area (Å²) in [5.74, 6) is -0.916. The first kappa shape index (κ1) is 15.2. The number of hydrogen-bond donors (Lipinski definition) is 2. The van der Waals surface area contributed by atoms with Gasteiger partial charge in [-0.15, -0.1) is 0 Å². The molecule has 0 atom stereocenters. The lowest BCUT2D eigenvalue weighted by Crippen LogP contribution is -2.12. The maximum atomic E-state index is 12.3. The Morgan fingerprint density at radius 3 is 2.83 bits per heavy atom. The lowest BCUT2D eigenvalue weighted by molar-refractivity contribution is 0.0596. The monoisotopic (exact) mass is 320 g/mol. The number of methoxy groups -OCH3 is 1. The van der Waals surface area contributed by atoms with Crippen LogP contribution >= 0.6 is 0 Å². The zero-order chi connectivity index (χ0) is 17.1. The fraction of sp³-hybridized carbons (Fsp3) is 0.0588. The predicted molar refractivity (Wildman–Crippen MR) is 86.5 cm³/mol. The number of benzene rings is 2. The largest absolute Gasteiger partial charge is 0.464 e. The molecule has 0 spiro atoms. The second-order valence-electron chi connectivity index (χ2n) is 4.97. The molecule has 1 amide bonds. The van der Waals surface area contributed by atoms with Gasteiger partial charge in [0.1, 0.15) is 0 Å². The maximum absolute atomic E-state index is 12.3. The molecule has 0 aliphatic carbocycles. The smallest absolute Gasteiger partial charge is 0.359 e. The minimum absolute atomic E-state index is 0.148. The van der Waals surface area contributed by atoms with Crippen molar-refractivity contribution in [1.82, 2.24) is 10.2 Å². The molecule has 0 radical (unpaired) electrons. The Kier molecular flexibility index (Phi) is 3.95. The van der Waals surface area contributed by atoms with E-state index < -0.39 is 5.97 Å². The number of esters is 1. The van der Waals surface area contributed by atoms with Gasteiger partial charge in [0.2, 0.25) is 0 Å². The molecule has 1 aromatic heterocycles. The van der Waals surface area contributed by atoms with Gasteiger partial charge in [0.15, 0.2) is 5.69 Å². The Morgan fingerprint density at radius 1 is 1.25 bits per heavy atom. The van der Waals surface area contributed by atoms with E-state index >= 15 is 0 Å². The summed E-state index contributed by atoms with van der Waals surface area (Å²) in [4.78, 5) is 24.0. The molecule has 7 nitrogen and oxygen atoms in total. The van der Waals surface area contributed by atoms with Crippen LogP contribution in [0.1, 0.15) is 26.4 Å². The Hall–Kier alpha value is -3.66. The third-order valence-corrected chi connectivity index (χ3v) is 3.45. The van der Waals surface area contributed by atoms with Gasteiger partial charge in [-0.2, -0.15) is 10.4 Å². The Balaban J connectivity index is 1.91. The summed E-state index contributed by atoms with van der Waals surface area (Å²) in [6.45, 7) is 0. The highest BCUT2D eigenvalue weighted by atomic mass is 16.5. The molecule has 0 aliphatic heterocycles. The topological polar surface area (TPSA) is 108 Å². The van der Waals surface area contributed by atoms with E-state index in [2.05, 4.69) is 20.3 Å². The summed E-state index contributed by atoms with van der Waals surface area (Å²) in [6.07, 6.45) is 0. The normalized spacial score (nSPS) is 10.2. The molecule has 3 rings (SSSR count). The number of nitriles is 1. The molecule has 3 aromatic rings. The molecular weight excluding hydrogens is 308 g/mol. The van der Waals surface area contributed by atoms with Crippen LogP contribution in [0, 0.1) is 11.3 Å². The molecular formula is C17H12N4O3. The van der Waals surface area contributed by atoms with E-state index in [1.807, 2.05) is 6.07 Å². The number of nitrogens with one attached hydrogen (secondary N) is 2. The van der Waals surface area contributed by atoms with Crippen LogP contribution in [0.4, 0.5) is 5.69 Å². The Bertz CT molecular complexity index is 985. The van der Waals surface area contributed by atoms with Crippen molar-refractivity contribution >= 4 is 28.5 Å². The SMILES string of the molecule is COC(=O)c1n[nH]c2ccc(NC(=O)c3cccc(C#N)c3)cc12. The molecule has 2 aromatic carbocycles. The first-order chi connectivity index (χ1) is 11.6. The van der Waals surface area contributed by atoms with E-state index in [1.165, 1.54) is 13.2 Å². The van der Waals surface area contributed by atoms with Crippen molar-refractivity contribution < 1.29 is 14.3 Å². The van der Waals surface area contributed by atoms with Crippen LogP contribution in [0.15, 0.2) is 42.5 Å². The molecule has 118 valence electrons. The number of carbonyl (C=O) groups excluding carboxylic acids is 2. The van der Waals surface area contributed by atoms with Crippen LogP contribution in [0.25, 0.3) is 10.9 Å². The third-order valence-electron chi connectivity index (χ3n) is 3.45. The van der Waals surface area contributed by atoms with Gasteiger partial charge in [0.05, 0.1) is 24.3 Å². The summed E-state index contributed by atoms with van der Waals surface area (Å²) >= 11 is 0. The maximum Gasteiger partial charge on any atom is 0.359 e. The standard InChI is InChI=1S/C17H12N4O3/c1-24-17(23)15-13-8-12(5-6-14(13)20-21-15)19-16(22)11-4-2-3-10(7-11)9-18/h2-8H,1H3,(H,19,22)(H,20,21). The summed E-state index contributed by atoms with van der Waals surface area (Å²) < 4.78 is 4.68. The van der Waals surface area contributed by atoms with Crippen molar-refractivity contribution in [3.05, 3.63) is 59.3 Å². The van der Waals surface area contributed by atoms with E-state index in [4.69, 9.17) is 5.26 Å². The number of aromatic nitrogens is 2. The van der Waals surface area contributed by atoms with Crippen LogP contribution in [-0.4, -0.2) is 29.2 Å². The number of fused-ring (bicyclic) bond motifs is 1. The second-order valence-corrected chi connectivity index (χ2v) is 4.97. The highest BCUT2D eigenvalue weighted by Gasteiger charge is 2.15. The van der Waals surface area contributed by atoms with Crippen LogP contribution in [0.2, 0.25) is 0 Å². The molecule has 0 saturated carbocycles. The Labute approximate surface area is 136 Å². The zero-order valence-corrected chi connectivity index (χ0v) is 12.7. The van der Waals surface area contributed by atoms with Gasteiger partial charge in [-0.1, -0.05) is 6.07 Å². The van der Waals surface area contributed by atoms with Crippen molar-refractivity contribution in [1.29, 1.82) is 5.26 Å². The first-order valence-electron chi connectivity index (χ1n) is 7.00. The zero-order valence-electron chi connectivity index (χ0n) is 12.7. The van der Waals surface area contributed by atoms with Gasteiger partial charge in [-0.25, -0.2) is 4.79 Å². The van der Waals surface area contributed by atoms with Gasteiger partial charge in [-0.05, 0) is 36.4 Å². The number of ether oxygens (including phenoxy) is 1. The van der Waals surface area contributed by atoms with Crippen molar-refractivity contribution in [3.63, 3.8) is 0 Å². The molecule has 0 aliphatic rings. The molecule has 24 heavy (non-hydrogen) atoms. The van der Waals surface area contributed by atoms with Crippen molar-refractivity contribution in [3.8, 4) is 6.07 Å². The van der Waals surface area contributed by atoms with E-state index in [0.29, 0.717) is 27.7 Å². The van der Waals surface area contributed by atoms with E-state index in [0.717, 1.165) is 0 Å². The second kappa shape index (κ2) is 6.22. The van der Waals surface area contributed by atoms with Gasteiger partial charge in [-0.3, -0.25) is 9.89 Å². The quantitative estimate of drug-likeness (QED) is 0.721. The number of hydrogen-bond acceptors (Lipinski definition) is 5. The predicted octanol–water partition coefficient (Wildman–Crippen LogP) is 2.47. The van der Waals surface area contributed by atoms with Crippen LogP contribution in [-0.2, 0) is 4.74 Å². The van der Waals surface area contributed by atoms with E-state index in [1.54, 1.807) is 36.4 Å². The van der Waals surface area contributed by atoms with Gasteiger partial charge >= 0.3 is 5.97 Å². The molecule has 0 fully saturated rings. The molecule has 7 heteroatoms. The van der Waals surface area contributed by atoms with E-state index in [9.17, 15) is 9.59 Å². The minimum Gasteiger partial charge on any atom is -0.464 e. The van der Waals surface area contributed by atoms with Crippen molar-refractivity contribution in [2.24, 2.45) is 0 Å². The first-order valence-corrected chi connectivity index (χ1v) is 7.00. The average Bonchev–Trinajstić information content (AvgIpc) is 3.04. The average molecular weight is 320 g/mol. The highest BCUT2D eigenvalue weighted by molar-refractivity contribution is 6.07. The fourth-order valence-electron chi connectivity index (χ4n) is 2.28. The van der Waals surface area contributed by atoms with Crippen LogP contribution in [0.5, 0.6) is 0 Å². The fourth-order valence-corrected chi connectivity index (χ4v) is 2.28. The number of nitrogens with zero attached hydrogens (tertiary/aromatic N) is 2. The molecule has 0 unspecified atom stereocenters. The summed E-state index contributed by atoms with van der Waals surface area (Å²) in [5.41, 5.74) is 2.08. The van der Waals surface area contributed by atoms with Crippen LogP contribution < -0.4 is 5.32 Å². The molecule has 1 heterocycles. The van der Waals surface area contributed by atoms with E-state index in [-0.39, 0.29) is 11.6 Å². The molecule has 0 saturated heterocycles. The number of rotatable bonds is 3. The number of aromatic amines is 1. The number of amides is 1. The third kappa shape index (κ3) is 2.80. The Morgan fingerprint density at radius 2 is 2.08 bits per heavy atom. The van der Waals surface area contributed by atoms with Gasteiger partial charge in [0, 0.05) is 16.6 Å². The minimum atomic E-state index is -0.563. The lowest BCUT2D eigenvalue weighted by atomic mass is 10.1. The number of anilines is 1. The summed E-state index contributed by atoms with van der Waals surface area (Å²) in [7, 11) is 1.27. The summed E-state index contributed by atoms with van der Waals surface area (Å²) in [5, 5.41) is 18.8. The van der Waals surface area contributed by atoms with Gasteiger partial charge < -0.3 is 10.1 Å². The van der Waals surface area contributed by atoms with Crippen molar-refractivity contribution in [2.75, 3.05) is 12.4 Å². The highest BCUT2D eigenvalue weighted by Crippen LogP contribution is 2.21. The molecule has 0 bridgehead atoms. The lowest BCUT2D eigenvalue weighted by Gasteiger charge is -2.06. The molecule has 2 N–H and O–H groups in total.